The third-order valence-corrected chi connectivity index (χ3v) is 3.20. The van der Waals surface area contributed by atoms with Gasteiger partial charge in [-0.1, -0.05) is 26.0 Å². The predicted octanol–water partition coefficient (Wildman–Crippen LogP) is 3.99. The lowest BCUT2D eigenvalue weighted by Crippen LogP contribution is -2.03. The minimum Gasteiger partial charge on any atom is -0.488 e. The van der Waals surface area contributed by atoms with Crippen LogP contribution in [0.3, 0.4) is 0 Å². The Hall–Kier alpha value is -2.23. The van der Waals surface area contributed by atoms with Crippen molar-refractivity contribution in [3.63, 3.8) is 0 Å². The number of furan rings is 1. The molecule has 2 rings (SSSR count). The van der Waals surface area contributed by atoms with Crippen molar-refractivity contribution in [2.45, 2.75) is 33.3 Å². The lowest BCUT2D eigenvalue weighted by atomic mass is 10.0. The molecule has 1 N–H and O–H groups in total. The number of benzene rings is 1. The van der Waals surface area contributed by atoms with E-state index >= 15 is 0 Å². The van der Waals surface area contributed by atoms with Crippen molar-refractivity contribution in [2.24, 2.45) is 0 Å². The Morgan fingerprint density at radius 1 is 1.35 bits per heavy atom. The van der Waals surface area contributed by atoms with E-state index < -0.39 is 5.97 Å². The number of ether oxygens (including phenoxy) is 1. The van der Waals surface area contributed by atoms with Crippen molar-refractivity contribution in [3.8, 4) is 5.75 Å². The van der Waals surface area contributed by atoms with Gasteiger partial charge in [0.25, 0.3) is 0 Å². The van der Waals surface area contributed by atoms with Crippen molar-refractivity contribution in [1.82, 2.24) is 0 Å². The highest BCUT2D eigenvalue weighted by Crippen LogP contribution is 2.25. The molecule has 20 heavy (non-hydrogen) atoms. The highest BCUT2D eigenvalue weighted by atomic mass is 16.5. The fourth-order valence-corrected chi connectivity index (χ4v) is 1.92. The largest absolute Gasteiger partial charge is 0.488 e. The maximum atomic E-state index is 11.0. The summed E-state index contributed by atoms with van der Waals surface area (Å²) in [5.41, 5.74) is 2.75. The highest BCUT2D eigenvalue weighted by Gasteiger charge is 2.14. The van der Waals surface area contributed by atoms with E-state index in [1.807, 2.05) is 19.1 Å². The van der Waals surface area contributed by atoms with Crippen LogP contribution in [-0.4, -0.2) is 11.1 Å². The third-order valence-electron chi connectivity index (χ3n) is 3.20. The van der Waals surface area contributed by atoms with E-state index in [0.717, 1.165) is 11.3 Å². The van der Waals surface area contributed by atoms with Gasteiger partial charge in [-0.2, -0.15) is 0 Å². The van der Waals surface area contributed by atoms with Gasteiger partial charge in [0.2, 0.25) is 5.76 Å². The van der Waals surface area contributed by atoms with Crippen LogP contribution in [0.25, 0.3) is 0 Å². The second-order valence-electron chi connectivity index (χ2n) is 5.05. The molecular formula is C16H18O4. The molecule has 0 saturated carbocycles. The number of carboxylic acids is 1. The molecule has 0 radical (unpaired) electrons. The summed E-state index contributed by atoms with van der Waals surface area (Å²) in [5, 5.41) is 8.97. The maximum absolute atomic E-state index is 11.0. The number of aromatic carboxylic acids is 1. The Morgan fingerprint density at radius 2 is 2.10 bits per heavy atom. The van der Waals surface area contributed by atoms with E-state index in [9.17, 15) is 4.79 Å². The molecular weight excluding hydrogens is 256 g/mol. The van der Waals surface area contributed by atoms with E-state index in [4.69, 9.17) is 14.3 Å². The average Bonchev–Trinajstić information content (AvgIpc) is 2.86. The Bertz CT molecular complexity index is 611. The van der Waals surface area contributed by atoms with Crippen LogP contribution in [0.1, 0.15) is 47.0 Å². The number of carbonyl (C=O) groups is 1. The van der Waals surface area contributed by atoms with Gasteiger partial charge in [0, 0.05) is 5.56 Å². The van der Waals surface area contributed by atoms with Crippen molar-refractivity contribution >= 4 is 5.97 Å². The second-order valence-corrected chi connectivity index (χ2v) is 5.05. The van der Waals surface area contributed by atoms with Crippen LogP contribution in [-0.2, 0) is 6.61 Å². The maximum Gasteiger partial charge on any atom is 0.372 e. The first-order valence-electron chi connectivity index (χ1n) is 6.52. The van der Waals surface area contributed by atoms with Crippen LogP contribution in [0.15, 0.2) is 34.9 Å². The van der Waals surface area contributed by atoms with Crippen LogP contribution in [0.5, 0.6) is 5.75 Å². The van der Waals surface area contributed by atoms with E-state index in [0.29, 0.717) is 11.5 Å². The van der Waals surface area contributed by atoms with Crippen LogP contribution in [0, 0.1) is 6.92 Å². The van der Waals surface area contributed by atoms with Gasteiger partial charge in [0.1, 0.15) is 12.4 Å². The summed E-state index contributed by atoms with van der Waals surface area (Å²) in [6.45, 7) is 6.38. The van der Waals surface area contributed by atoms with Gasteiger partial charge in [0.05, 0.1) is 6.26 Å². The predicted molar refractivity (Wildman–Crippen MR) is 75.3 cm³/mol. The fourth-order valence-electron chi connectivity index (χ4n) is 1.92. The van der Waals surface area contributed by atoms with E-state index in [1.54, 1.807) is 6.07 Å². The fraction of sp³-hybridized carbons (Fsp3) is 0.312. The molecule has 0 unspecified atom stereocenters. The molecule has 0 bridgehead atoms. The lowest BCUT2D eigenvalue weighted by Gasteiger charge is -2.12. The average molecular weight is 274 g/mol. The van der Waals surface area contributed by atoms with Crippen LogP contribution in [0.2, 0.25) is 0 Å². The first-order valence-corrected chi connectivity index (χ1v) is 6.52. The molecule has 0 atom stereocenters. The van der Waals surface area contributed by atoms with Gasteiger partial charge in [-0.15, -0.1) is 0 Å². The number of rotatable bonds is 5. The first-order chi connectivity index (χ1) is 9.49. The molecule has 1 heterocycles. The van der Waals surface area contributed by atoms with Crippen molar-refractivity contribution in [2.75, 3.05) is 0 Å². The SMILES string of the molecule is Cc1ccc(C(C)C)cc1OCc1ccoc1C(=O)O. The van der Waals surface area contributed by atoms with Gasteiger partial charge in [0.15, 0.2) is 0 Å². The van der Waals surface area contributed by atoms with Gasteiger partial charge in [-0.05, 0) is 36.1 Å². The van der Waals surface area contributed by atoms with Gasteiger partial charge in [-0.3, -0.25) is 0 Å². The van der Waals surface area contributed by atoms with Crippen LogP contribution >= 0.6 is 0 Å². The topological polar surface area (TPSA) is 59.7 Å². The Morgan fingerprint density at radius 3 is 2.75 bits per heavy atom. The Kier molecular flexibility index (Phi) is 4.13. The normalized spacial score (nSPS) is 10.8. The van der Waals surface area contributed by atoms with Crippen molar-refractivity contribution in [1.29, 1.82) is 0 Å². The third kappa shape index (κ3) is 3.02. The van der Waals surface area contributed by atoms with Gasteiger partial charge < -0.3 is 14.3 Å². The minimum atomic E-state index is -1.08. The zero-order valence-corrected chi connectivity index (χ0v) is 11.8. The number of hydrogen-bond acceptors (Lipinski definition) is 3. The highest BCUT2D eigenvalue weighted by molar-refractivity contribution is 5.86. The molecule has 2 aromatic rings. The molecule has 0 aliphatic rings. The second kappa shape index (κ2) is 5.82. The monoisotopic (exact) mass is 274 g/mol. The molecule has 1 aromatic heterocycles. The molecule has 1 aromatic carbocycles. The zero-order valence-electron chi connectivity index (χ0n) is 11.8. The molecule has 0 fully saturated rings. The summed E-state index contributed by atoms with van der Waals surface area (Å²) in [4.78, 5) is 11.0. The lowest BCUT2D eigenvalue weighted by molar-refractivity contribution is 0.0658. The Labute approximate surface area is 118 Å². The molecule has 0 spiro atoms. The summed E-state index contributed by atoms with van der Waals surface area (Å²) in [6, 6.07) is 7.71. The molecule has 4 nitrogen and oxygen atoms in total. The van der Waals surface area contributed by atoms with E-state index in [-0.39, 0.29) is 12.4 Å². The summed E-state index contributed by atoms with van der Waals surface area (Å²) < 4.78 is 10.7. The number of carboxylic acid groups (broad SMARTS) is 1. The first kappa shape index (κ1) is 14.2. The van der Waals surface area contributed by atoms with E-state index in [1.165, 1.54) is 11.8 Å². The van der Waals surface area contributed by atoms with Crippen molar-refractivity contribution in [3.05, 3.63) is 53.0 Å². The minimum absolute atomic E-state index is 0.0670. The van der Waals surface area contributed by atoms with Crippen LogP contribution < -0.4 is 4.74 Å². The van der Waals surface area contributed by atoms with Crippen LogP contribution in [0.4, 0.5) is 0 Å². The molecule has 106 valence electrons. The van der Waals surface area contributed by atoms with E-state index in [2.05, 4.69) is 19.9 Å². The molecule has 0 aliphatic carbocycles. The quantitative estimate of drug-likeness (QED) is 0.895. The number of aryl methyl sites for hydroxylation is 1. The molecule has 4 heteroatoms. The van der Waals surface area contributed by atoms with Gasteiger partial charge >= 0.3 is 5.97 Å². The Balaban J connectivity index is 2.16. The smallest absolute Gasteiger partial charge is 0.372 e. The summed E-state index contributed by atoms with van der Waals surface area (Å²) in [5.74, 6) is 0.0408. The van der Waals surface area contributed by atoms with Gasteiger partial charge in [-0.25, -0.2) is 4.79 Å². The van der Waals surface area contributed by atoms with Crippen molar-refractivity contribution < 1.29 is 19.1 Å². The zero-order chi connectivity index (χ0) is 14.7. The summed E-state index contributed by atoms with van der Waals surface area (Å²) in [7, 11) is 0. The molecule has 0 aliphatic heterocycles. The summed E-state index contributed by atoms with van der Waals surface area (Å²) in [6.07, 6.45) is 1.36. The molecule has 0 amide bonds. The standard InChI is InChI=1S/C16H18O4/c1-10(2)12-5-4-11(3)14(8-12)20-9-13-6-7-19-15(13)16(17)18/h4-8,10H,9H2,1-3H3,(H,17,18). The summed E-state index contributed by atoms with van der Waals surface area (Å²) >= 11 is 0. The number of hydrogen-bond donors (Lipinski definition) is 1. The molecule has 0 saturated heterocycles.